The molecule has 0 spiro atoms. The van der Waals surface area contributed by atoms with E-state index in [1.165, 1.54) is 11.3 Å². The van der Waals surface area contributed by atoms with Crippen LogP contribution in [0.15, 0.2) is 52.9 Å². The van der Waals surface area contributed by atoms with E-state index in [-0.39, 0.29) is 0 Å². The number of nitrogens with one attached hydrogen (secondary N) is 1. The number of nitrogens with zero attached hydrogens (tertiary/aromatic N) is 2. The van der Waals surface area contributed by atoms with Crippen molar-refractivity contribution in [3.05, 3.63) is 65.0 Å². The van der Waals surface area contributed by atoms with Crippen LogP contribution in [0, 0.1) is 11.6 Å². The van der Waals surface area contributed by atoms with Crippen LogP contribution in [0.2, 0.25) is 0 Å². The minimum Gasteiger partial charge on any atom is -0.405 e. The number of rotatable bonds is 5. The van der Waals surface area contributed by atoms with E-state index in [0.717, 1.165) is 5.56 Å². The maximum Gasteiger partial charge on any atom is 0.573 e. The summed E-state index contributed by atoms with van der Waals surface area (Å²) in [5, 5.41) is 5.69. The van der Waals surface area contributed by atoms with Gasteiger partial charge in [-0.3, -0.25) is 5.43 Å². The van der Waals surface area contributed by atoms with E-state index in [4.69, 9.17) is 0 Å². The van der Waals surface area contributed by atoms with E-state index < -0.39 is 29.3 Å². The first kappa shape index (κ1) is 18.8. The summed E-state index contributed by atoms with van der Waals surface area (Å²) in [4.78, 5) is 4.25. The molecule has 2 aromatic carbocycles. The first-order valence-electron chi connectivity index (χ1n) is 7.37. The Morgan fingerprint density at radius 3 is 2.52 bits per heavy atom. The second-order valence-electron chi connectivity index (χ2n) is 5.09. The van der Waals surface area contributed by atoms with Crippen molar-refractivity contribution in [3.63, 3.8) is 0 Å². The molecule has 10 heteroatoms. The number of thiazole rings is 1. The van der Waals surface area contributed by atoms with Gasteiger partial charge in [-0.05, 0) is 12.1 Å². The lowest BCUT2D eigenvalue weighted by Gasteiger charge is -2.11. The molecule has 1 heterocycles. The number of aromatic nitrogens is 1. The molecule has 0 aliphatic heterocycles. The molecule has 3 aromatic rings. The van der Waals surface area contributed by atoms with E-state index in [0.29, 0.717) is 29.2 Å². The highest BCUT2D eigenvalue weighted by atomic mass is 32.1. The van der Waals surface area contributed by atoms with Gasteiger partial charge in [0.2, 0.25) is 5.13 Å². The van der Waals surface area contributed by atoms with Crippen molar-refractivity contribution in [2.45, 2.75) is 6.36 Å². The van der Waals surface area contributed by atoms with Gasteiger partial charge in [-0.1, -0.05) is 30.3 Å². The van der Waals surface area contributed by atoms with Crippen LogP contribution < -0.4 is 10.2 Å². The minimum absolute atomic E-state index is 0.320. The van der Waals surface area contributed by atoms with Crippen LogP contribution >= 0.6 is 11.3 Å². The average molecular weight is 399 g/mol. The molecule has 3 rings (SSSR count). The predicted octanol–water partition coefficient (Wildman–Crippen LogP) is 5.43. The van der Waals surface area contributed by atoms with E-state index in [1.54, 1.807) is 5.38 Å². The summed E-state index contributed by atoms with van der Waals surface area (Å²) < 4.78 is 68.1. The molecule has 0 fully saturated rings. The van der Waals surface area contributed by atoms with Crippen LogP contribution in [-0.4, -0.2) is 17.6 Å². The Balaban J connectivity index is 1.79. The molecule has 0 aliphatic rings. The number of halogens is 5. The molecule has 140 valence electrons. The highest BCUT2D eigenvalue weighted by Crippen LogP contribution is 2.29. The summed E-state index contributed by atoms with van der Waals surface area (Å²) in [7, 11) is 0. The lowest BCUT2D eigenvalue weighted by Crippen LogP contribution is -2.18. The van der Waals surface area contributed by atoms with E-state index in [2.05, 4.69) is 20.2 Å². The van der Waals surface area contributed by atoms with E-state index in [1.807, 2.05) is 30.3 Å². The molecule has 27 heavy (non-hydrogen) atoms. The first-order chi connectivity index (χ1) is 12.8. The molecule has 1 aromatic heterocycles. The van der Waals surface area contributed by atoms with Crippen molar-refractivity contribution in [3.8, 4) is 17.0 Å². The Morgan fingerprint density at radius 2 is 1.81 bits per heavy atom. The standard InChI is InChI=1S/C17H10F5N3OS/c18-12-6-7-14(26-17(20,21)22)11(15(12)19)8-23-25-16-24-13(9-27-16)10-4-2-1-3-5-10/h1-9H,(H,24,25). The molecule has 0 unspecified atom stereocenters. The third-order valence-corrected chi connectivity index (χ3v) is 3.99. The van der Waals surface area contributed by atoms with Gasteiger partial charge in [0.15, 0.2) is 11.6 Å². The summed E-state index contributed by atoms with van der Waals surface area (Å²) in [6.45, 7) is 0. The fourth-order valence-electron chi connectivity index (χ4n) is 2.10. The summed E-state index contributed by atoms with van der Waals surface area (Å²) in [5.41, 5.74) is 3.22. The van der Waals surface area contributed by atoms with E-state index >= 15 is 0 Å². The van der Waals surface area contributed by atoms with Gasteiger partial charge in [0.1, 0.15) is 5.75 Å². The Hall–Kier alpha value is -3.01. The molecule has 0 saturated carbocycles. The van der Waals surface area contributed by atoms with Crippen LogP contribution in [0.3, 0.4) is 0 Å². The van der Waals surface area contributed by atoms with Gasteiger partial charge in [-0.25, -0.2) is 13.8 Å². The minimum atomic E-state index is -5.06. The number of hydrazone groups is 1. The molecular formula is C17H10F5N3OS. The normalized spacial score (nSPS) is 11.7. The van der Waals surface area contributed by atoms with Crippen LogP contribution in [0.1, 0.15) is 5.56 Å². The molecule has 0 aliphatic carbocycles. The van der Waals surface area contributed by atoms with Gasteiger partial charge in [0, 0.05) is 10.9 Å². The molecular weight excluding hydrogens is 389 g/mol. The second-order valence-corrected chi connectivity index (χ2v) is 5.95. The van der Waals surface area contributed by atoms with Gasteiger partial charge in [-0.15, -0.1) is 24.5 Å². The van der Waals surface area contributed by atoms with Crippen LogP contribution in [0.25, 0.3) is 11.3 Å². The monoisotopic (exact) mass is 399 g/mol. The van der Waals surface area contributed by atoms with Gasteiger partial charge in [0.25, 0.3) is 0 Å². The van der Waals surface area contributed by atoms with Crippen molar-refractivity contribution in [2.24, 2.45) is 5.10 Å². The Labute approximate surface area is 153 Å². The molecule has 0 radical (unpaired) electrons. The van der Waals surface area contributed by atoms with E-state index in [9.17, 15) is 22.0 Å². The van der Waals surface area contributed by atoms with Crippen molar-refractivity contribution in [1.29, 1.82) is 0 Å². The smallest absolute Gasteiger partial charge is 0.405 e. The molecule has 0 saturated heterocycles. The van der Waals surface area contributed by atoms with Crippen molar-refractivity contribution >= 4 is 22.7 Å². The van der Waals surface area contributed by atoms with Crippen LogP contribution in [0.4, 0.5) is 27.1 Å². The summed E-state index contributed by atoms with van der Waals surface area (Å²) >= 11 is 1.19. The van der Waals surface area contributed by atoms with Crippen molar-refractivity contribution < 1.29 is 26.7 Å². The highest BCUT2D eigenvalue weighted by Gasteiger charge is 2.33. The quantitative estimate of drug-likeness (QED) is 0.353. The van der Waals surface area contributed by atoms with Crippen LogP contribution in [0.5, 0.6) is 5.75 Å². The fraction of sp³-hybridized carbons (Fsp3) is 0.0588. The lowest BCUT2D eigenvalue weighted by atomic mass is 10.2. The zero-order valence-electron chi connectivity index (χ0n) is 13.3. The predicted molar refractivity (Wildman–Crippen MR) is 91.8 cm³/mol. The molecule has 0 amide bonds. The topological polar surface area (TPSA) is 46.5 Å². The van der Waals surface area contributed by atoms with Gasteiger partial charge in [0.05, 0.1) is 17.5 Å². The maximum absolute atomic E-state index is 13.8. The second kappa shape index (κ2) is 7.70. The maximum atomic E-state index is 13.8. The Bertz CT molecular complexity index is 957. The summed E-state index contributed by atoms with van der Waals surface area (Å²) in [6, 6.07) is 10.4. The number of ether oxygens (including phenoxy) is 1. The van der Waals surface area contributed by atoms with Gasteiger partial charge in [-0.2, -0.15) is 5.10 Å². The average Bonchev–Trinajstić information content (AvgIpc) is 3.09. The van der Waals surface area contributed by atoms with Crippen molar-refractivity contribution in [2.75, 3.05) is 5.43 Å². The van der Waals surface area contributed by atoms with Gasteiger partial charge < -0.3 is 4.74 Å². The number of benzene rings is 2. The molecule has 0 atom stereocenters. The first-order valence-corrected chi connectivity index (χ1v) is 8.25. The summed E-state index contributed by atoms with van der Waals surface area (Å²) in [5.74, 6) is -3.74. The van der Waals surface area contributed by atoms with Crippen molar-refractivity contribution in [1.82, 2.24) is 4.98 Å². The third kappa shape index (κ3) is 4.79. The Kier molecular flexibility index (Phi) is 5.36. The molecule has 4 nitrogen and oxygen atoms in total. The molecule has 0 bridgehead atoms. The largest absolute Gasteiger partial charge is 0.573 e. The SMILES string of the molecule is Fc1ccc(OC(F)(F)F)c(C=NNc2nc(-c3ccccc3)cs2)c1F. The summed E-state index contributed by atoms with van der Waals surface area (Å²) in [6.07, 6.45) is -4.36. The number of hydrogen-bond donors (Lipinski definition) is 1. The molecule has 1 N–H and O–H groups in total. The number of alkyl halides is 3. The lowest BCUT2D eigenvalue weighted by molar-refractivity contribution is -0.274. The van der Waals surface area contributed by atoms with Crippen LogP contribution in [-0.2, 0) is 0 Å². The number of hydrogen-bond acceptors (Lipinski definition) is 5. The fourth-order valence-corrected chi connectivity index (χ4v) is 2.77. The highest BCUT2D eigenvalue weighted by molar-refractivity contribution is 7.14. The zero-order chi connectivity index (χ0) is 19.4. The Morgan fingerprint density at radius 1 is 1.07 bits per heavy atom. The third-order valence-electron chi connectivity index (χ3n) is 3.25. The zero-order valence-corrected chi connectivity index (χ0v) is 14.1. The number of anilines is 1. The van der Waals surface area contributed by atoms with Gasteiger partial charge >= 0.3 is 6.36 Å².